The predicted molar refractivity (Wildman–Crippen MR) is 63.1 cm³/mol. The van der Waals surface area contributed by atoms with Gasteiger partial charge < -0.3 is 15.2 Å². The molecule has 90 valence electrons. The molecule has 2 N–H and O–H groups in total. The summed E-state index contributed by atoms with van der Waals surface area (Å²) in [5.41, 5.74) is 6.46. The number of hydrogen-bond donors (Lipinski definition) is 1. The molecule has 0 aliphatic carbocycles. The third kappa shape index (κ3) is 2.66. The number of rotatable bonds is 4. The van der Waals surface area contributed by atoms with Crippen LogP contribution in [0.5, 0.6) is 11.5 Å². The van der Waals surface area contributed by atoms with Gasteiger partial charge in [-0.3, -0.25) is 0 Å². The normalized spacial score (nSPS) is 10.2. The second kappa shape index (κ2) is 4.73. The second-order valence-corrected chi connectivity index (χ2v) is 3.52. The quantitative estimate of drug-likeness (QED) is 0.851. The van der Waals surface area contributed by atoms with Gasteiger partial charge in [0.2, 0.25) is 5.95 Å². The standard InChI is InChI=1S/C11H14N4O2/c1-16-9-3-8(4-10(5-9)17-2)6-15-7-13-11(12)14-15/h3-5,7H,6H2,1-2H3,(H2,12,14). The molecule has 2 aromatic rings. The molecule has 0 bridgehead atoms. The molecule has 0 spiro atoms. The molecule has 0 atom stereocenters. The zero-order valence-electron chi connectivity index (χ0n) is 9.75. The predicted octanol–water partition coefficient (Wildman–Crippen LogP) is 0.926. The van der Waals surface area contributed by atoms with Crippen molar-refractivity contribution in [2.45, 2.75) is 6.54 Å². The third-order valence-corrected chi connectivity index (χ3v) is 2.31. The molecule has 0 unspecified atom stereocenters. The topological polar surface area (TPSA) is 75.2 Å². The van der Waals surface area contributed by atoms with Crippen LogP contribution in [0, 0.1) is 0 Å². The van der Waals surface area contributed by atoms with Gasteiger partial charge in [0.25, 0.3) is 0 Å². The van der Waals surface area contributed by atoms with Gasteiger partial charge in [-0.15, -0.1) is 5.10 Å². The van der Waals surface area contributed by atoms with E-state index in [0.717, 1.165) is 17.1 Å². The largest absolute Gasteiger partial charge is 0.497 e. The van der Waals surface area contributed by atoms with Crippen molar-refractivity contribution in [3.05, 3.63) is 30.1 Å². The Hall–Kier alpha value is -2.24. The van der Waals surface area contributed by atoms with Gasteiger partial charge in [0.05, 0.1) is 20.8 Å². The van der Waals surface area contributed by atoms with Crippen LogP contribution in [0.4, 0.5) is 5.95 Å². The fraction of sp³-hybridized carbons (Fsp3) is 0.273. The van der Waals surface area contributed by atoms with Crippen LogP contribution in [0.25, 0.3) is 0 Å². The van der Waals surface area contributed by atoms with Gasteiger partial charge in [0.1, 0.15) is 17.8 Å². The molecule has 1 aromatic heterocycles. The summed E-state index contributed by atoms with van der Waals surface area (Å²) in [6, 6.07) is 5.65. The van der Waals surface area contributed by atoms with Crippen LogP contribution in [0.3, 0.4) is 0 Å². The molecule has 6 nitrogen and oxygen atoms in total. The zero-order chi connectivity index (χ0) is 12.3. The van der Waals surface area contributed by atoms with Crippen molar-refractivity contribution in [2.75, 3.05) is 20.0 Å². The summed E-state index contributed by atoms with van der Waals surface area (Å²) in [6.45, 7) is 0.567. The molecule has 0 aliphatic heterocycles. The van der Waals surface area contributed by atoms with Crippen LogP contribution in [-0.2, 0) is 6.54 Å². The highest BCUT2D eigenvalue weighted by Gasteiger charge is 2.03. The Morgan fingerprint density at radius 1 is 1.18 bits per heavy atom. The molecule has 6 heteroatoms. The van der Waals surface area contributed by atoms with Crippen LogP contribution in [-0.4, -0.2) is 29.0 Å². The number of nitrogens with two attached hydrogens (primary N) is 1. The van der Waals surface area contributed by atoms with Crippen LogP contribution in [0.1, 0.15) is 5.56 Å². The Bertz CT molecular complexity index is 488. The van der Waals surface area contributed by atoms with Crippen LogP contribution in [0.2, 0.25) is 0 Å². The summed E-state index contributed by atoms with van der Waals surface area (Å²) in [5, 5.41) is 4.02. The summed E-state index contributed by atoms with van der Waals surface area (Å²) in [7, 11) is 3.23. The van der Waals surface area contributed by atoms with Crippen LogP contribution >= 0.6 is 0 Å². The molecule has 1 heterocycles. The van der Waals surface area contributed by atoms with E-state index in [-0.39, 0.29) is 5.95 Å². The monoisotopic (exact) mass is 234 g/mol. The number of nitrogen functional groups attached to an aromatic ring is 1. The summed E-state index contributed by atoms with van der Waals surface area (Å²) < 4.78 is 12.0. The van der Waals surface area contributed by atoms with Crippen molar-refractivity contribution in [2.24, 2.45) is 0 Å². The van der Waals surface area contributed by atoms with Crippen molar-refractivity contribution >= 4 is 5.95 Å². The van der Waals surface area contributed by atoms with Crippen molar-refractivity contribution in [1.29, 1.82) is 0 Å². The van der Waals surface area contributed by atoms with Crippen LogP contribution < -0.4 is 15.2 Å². The van der Waals surface area contributed by atoms with Crippen molar-refractivity contribution < 1.29 is 9.47 Å². The van der Waals surface area contributed by atoms with Crippen LogP contribution in [0.15, 0.2) is 24.5 Å². The van der Waals surface area contributed by atoms with Gasteiger partial charge in [-0.1, -0.05) is 0 Å². The van der Waals surface area contributed by atoms with Gasteiger partial charge in [0.15, 0.2) is 0 Å². The lowest BCUT2D eigenvalue weighted by Crippen LogP contribution is -2.02. The number of hydrogen-bond acceptors (Lipinski definition) is 5. The number of benzene rings is 1. The third-order valence-electron chi connectivity index (χ3n) is 2.31. The van der Waals surface area contributed by atoms with Crippen molar-refractivity contribution in [3.63, 3.8) is 0 Å². The summed E-state index contributed by atoms with van der Waals surface area (Å²) >= 11 is 0. The van der Waals surface area contributed by atoms with Gasteiger partial charge >= 0.3 is 0 Å². The highest BCUT2D eigenvalue weighted by molar-refractivity contribution is 5.38. The fourth-order valence-corrected chi connectivity index (χ4v) is 1.53. The van der Waals surface area contributed by atoms with E-state index < -0.39 is 0 Å². The Kier molecular flexibility index (Phi) is 3.13. The Morgan fingerprint density at radius 2 is 1.82 bits per heavy atom. The lowest BCUT2D eigenvalue weighted by atomic mass is 10.2. The van der Waals surface area contributed by atoms with Crippen molar-refractivity contribution in [3.8, 4) is 11.5 Å². The first-order chi connectivity index (χ1) is 8.21. The number of ether oxygens (including phenoxy) is 2. The Labute approximate surface area is 99.0 Å². The number of aromatic nitrogens is 3. The van der Waals surface area contributed by atoms with E-state index in [1.807, 2.05) is 18.2 Å². The highest BCUT2D eigenvalue weighted by atomic mass is 16.5. The maximum atomic E-state index is 5.45. The van der Waals surface area contributed by atoms with Gasteiger partial charge in [-0.05, 0) is 17.7 Å². The molecule has 0 aliphatic rings. The first-order valence-electron chi connectivity index (χ1n) is 5.08. The first kappa shape index (κ1) is 11.3. The van der Waals surface area contributed by atoms with E-state index in [1.54, 1.807) is 25.2 Å². The number of nitrogens with zero attached hydrogens (tertiary/aromatic N) is 3. The molecule has 0 amide bonds. The fourth-order valence-electron chi connectivity index (χ4n) is 1.53. The van der Waals surface area contributed by atoms with E-state index in [2.05, 4.69) is 10.1 Å². The minimum atomic E-state index is 0.264. The van der Waals surface area contributed by atoms with E-state index >= 15 is 0 Å². The van der Waals surface area contributed by atoms with E-state index in [0.29, 0.717) is 6.54 Å². The molecule has 0 fully saturated rings. The summed E-state index contributed by atoms with van der Waals surface area (Å²) in [4.78, 5) is 3.87. The van der Waals surface area contributed by atoms with Gasteiger partial charge in [0, 0.05) is 6.07 Å². The zero-order valence-corrected chi connectivity index (χ0v) is 9.75. The molecule has 17 heavy (non-hydrogen) atoms. The SMILES string of the molecule is COc1cc(Cn2cnc(N)n2)cc(OC)c1. The van der Waals surface area contributed by atoms with E-state index in [9.17, 15) is 0 Å². The molecule has 0 radical (unpaired) electrons. The minimum Gasteiger partial charge on any atom is -0.497 e. The molecular formula is C11H14N4O2. The van der Waals surface area contributed by atoms with Gasteiger partial charge in [-0.2, -0.15) is 0 Å². The number of anilines is 1. The highest BCUT2D eigenvalue weighted by Crippen LogP contribution is 2.22. The maximum Gasteiger partial charge on any atom is 0.239 e. The average Bonchev–Trinajstić information content (AvgIpc) is 2.74. The lowest BCUT2D eigenvalue weighted by Gasteiger charge is -2.08. The summed E-state index contributed by atoms with van der Waals surface area (Å²) in [6.07, 6.45) is 1.58. The second-order valence-electron chi connectivity index (χ2n) is 3.52. The molecule has 2 rings (SSSR count). The number of methoxy groups -OCH3 is 2. The van der Waals surface area contributed by atoms with E-state index in [1.165, 1.54) is 0 Å². The molecule has 0 saturated carbocycles. The Morgan fingerprint density at radius 3 is 2.29 bits per heavy atom. The first-order valence-corrected chi connectivity index (χ1v) is 5.08. The maximum absolute atomic E-state index is 5.45. The van der Waals surface area contributed by atoms with Crippen molar-refractivity contribution in [1.82, 2.24) is 14.8 Å². The molecular weight excluding hydrogens is 220 g/mol. The van der Waals surface area contributed by atoms with E-state index in [4.69, 9.17) is 15.2 Å². The molecule has 1 aromatic carbocycles. The minimum absolute atomic E-state index is 0.264. The average molecular weight is 234 g/mol. The smallest absolute Gasteiger partial charge is 0.239 e. The van der Waals surface area contributed by atoms with Gasteiger partial charge in [-0.25, -0.2) is 9.67 Å². The lowest BCUT2D eigenvalue weighted by molar-refractivity contribution is 0.393. The Balaban J connectivity index is 2.25. The summed E-state index contributed by atoms with van der Waals surface area (Å²) in [5.74, 6) is 1.75. The molecule has 0 saturated heterocycles.